The van der Waals surface area contributed by atoms with Gasteiger partial charge in [0.2, 0.25) is 0 Å². The van der Waals surface area contributed by atoms with Gasteiger partial charge in [-0.3, -0.25) is 0 Å². The van der Waals surface area contributed by atoms with Crippen LogP contribution in [0.5, 0.6) is 0 Å². The van der Waals surface area contributed by atoms with Crippen LogP contribution in [0, 0.1) is 0 Å². The highest BCUT2D eigenvalue weighted by molar-refractivity contribution is 5.75. The van der Waals surface area contributed by atoms with E-state index in [1.54, 1.807) is 6.20 Å². The molecule has 1 fully saturated rings. The first-order valence-electron chi connectivity index (χ1n) is 8.03. The molecule has 4 rings (SSSR count). The van der Waals surface area contributed by atoms with Crippen LogP contribution in [-0.4, -0.2) is 44.3 Å². The number of rotatable bonds is 3. The molecule has 1 aromatic carbocycles. The lowest BCUT2D eigenvalue weighted by Gasteiger charge is -2.31. The number of nitrogens with zero attached hydrogens (tertiary/aromatic N) is 4. The Morgan fingerprint density at radius 1 is 1.38 bits per heavy atom. The van der Waals surface area contributed by atoms with E-state index < -0.39 is 0 Å². The van der Waals surface area contributed by atoms with Crippen LogP contribution in [0.4, 0.5) is 4.79 Å². The number of carbonyl (C=O) groups is 1. The van der Waals surface area contributed by atoms with Gasteiger partial charge in [-0.05, 0) is 40.9 Å². The second kappa shape index (κ2) is 6.31. The van der Waals surface area contributed by atoms with Crippen LogP contribution < -0.4 is 5.32 Å². The molecule has 0 saturated carbocycles. The third kappa shape index (κ3) is 2.94. The Morgan fingerprint density at radius 3 is 3.17 bits per heavy atom. The molecule has 24 heavy (non-hydrogen) atoms. The largest absolute Gasteiger partial charge is 0.348 e. The third-order valence-electron chi connectivity index (χ3n) is 4.38. The highest BCUT2D eigenvalue weighted by Crippen LogP contribution is 2.24. The summed E-state index contributed by atoms with van der Waals surface area (Å²) in [7, 11) is 0. The molecule has 0 radical (unpaired) electrons. The van der Waals surface area contributed by atoms with E-state index in [0.717, 1.165) is 30.8 Å². The van der Waals surface area contributed by atoms with Gasteiger partial charge in [0, 0.05) is 37.9 Å². The Kier molecular flexibility index (Phi) is 3.86. The first-order valence-corrected chi connectivity index (χ1v) is 8.03. The molecule has 3 aromatic rings. The molecular weight excluding hydrogens is 308 g/mol. The molecule has 3 heterocycles. The van der Waals surface area contributed by atoms with Crippen LogP contribution in [0.15, 0.2) is 35.2 Å². The van der Waals surface area contributed by atoms with Crippen molar-refractivity contribution < 1.29 is 9.42 Å². The van der Waals surface area contributed by atoms with Crippen molar-refractivity contribution in [2.24, 2.45) is 0 Å². The summed E-state index contributed by atoms with van der Waals surface area (Å²) >= 11 is 0. The minimum Gasteiger partial charge on any atom is -0.348 e. The van der Waals surface area contributed by atoms with Gasteiger partial charge in [-0.1, -0.05) is 6.07 Å². The van der Waals surface area contributed by atoms with Gasteiger partial charge in [0.05, 0.1) is 0 Å². The maximum Gasteiger partial charge on any atom is 0.317 e. The number of amides is 2. The van der Waals surface area contributed by atoms with Crippen LogP contribution in [-0.2, 0) is 6.54 Å². The van der Waals surface area contributed by atoms with Crippen LogP contribution in [0.25, 0.3) is 11.0 Å². The molecule has 0 unspecified atom stereocenters. The summed E-state index contributed by atoms with van der Waals surface area (Å²) < 4.78 is 4.68. The Morgan fingerprint density at radius 2 is 2.29 bits per heavy atom. The van der Waals surface area contributed by atoms with Gasteiger partial charge < -0.3 is 15.2 Å². The first kappa shape index (κ1) is 14.7. The lowest BCUT2D eigenvalue weighted by Crippen LogP contribution is -2.44. The zero-order chi connectivity index (χ0) is 16.4. The Bertz CT molecular complexity index is 828. The van der Waals surface area contributed by atoms with Crippen molar-refractivity contribution in [2.45, 2.75) is 25.3 Å². The molecular formula is C16H18N6O2. The maximum atomic E-state index is 12.4. The lowest BCUT2D eigenvalue weighted by atomic mass is 9.98. The molecule has 124 valence electrons. The predicted octanol–water partition coefficient (Wildman–Crippen LogP) is 2.04. The molecule has 2 amide bonds. The number of fused-ring (bicyclic) bond motifs is 1. The van der Waals surface area contributed by atoms with Crippen LogP contribution in [0.3, 0.4) is 0 Å². The number of imidazole rings is 1. The summed E-state index contributed by atoms with van der Waals surface area (Å²) in [6.07, 6.45) is 5.61. The summed E-state index contributed by atoms with van der Waals surface area (Å²) in [6.45, 7) is 1.91. The van der Waals surface area contributed by atoms with E-state index >= 15 is 0 Å². The van der Waals surface area contributed by atoms with Crippen molar-refractivity contribution in [3.8, 4) is 0 Å². The quantitative estimate of drug-likeness (QED) is 0.767. The smallest absolute Gasteiger partial charge is 0.317 e. The summed E-state index contributed by atoms with van der Waals surface area (Å²) in [5.41, 5.74) is 2.37. The number of urea groups is 1. The number of piperidine rings is 1. The van der Waals surface area contributed by atoms with Gasteiger partial charge in [-0.2, -0.15) is 0 Å². The zero-order valence-electron chi connectivity index (χ0n) is 13.1. The van der Waals surface area contributed by atoms with Crippen molar-refractivity contribution >= 4 is 17.1 Å². The number of hydrogen-bond donors (Lipinski definition) is 2. The normalized spacial score (nSPS) is 18.0. The fourth-order valence-electron chi connectivity index (χ4n) is 3.11. The number of aromatic amines is 1. The van der Waals surface area contributed by atoms with Gasteiger partial charge in [0.25, 0.3) is 0 Å². The van der Waals surface area contributed by atoms with Gasteiger partial charge in [0.15, 0.2) is 0 Å². The number of benzene rings is 1. The van der Waals surface area contributed by atoms with Crippen LogP contribution in [0.2, 0.25) is 0 Å². The molecule has 1 aliphatic rings. The van der Waals surface area contributed by atoms with Gasteiger partial charge in [-0.15, -0.1) is 0 Å². The Hall–Kier alpha value is -2.90. The van der Waals surface area contributed by atoms with E-state index in [4.69, 9.17) is 0 Å². The van der Waals surface area contributed by atoms with Gasteiger partial charge in [0.1, 0.15) is 16.9 Å². The fourth-order valence-corrected chi connectivity index (χ4v) is 3.11. The molecule has 2 aromatic heterocycles. The van der Waals surface area contributed by atoms with Crippen molar-refractivity contribution in [1.82, 2.24) is 30.5 Å². The second-order valence-corrected chi connectivity index (χ2v) is 6.01. The highest BCUT2D eigenvalue weighted by Gasteiger charge is 2.25. The van der Waals surface area contributed by atoms with Crippen molar-refractivity contribution in [2.75, 3.05) is 13.1 Å². The van der Waals surface area contributed by atoms with Crippen molar-refractivity contribution in [3.63, 3.8) is 0 Å². The van der Waals surface area contributed by atoms with E-state index in [1.165, 1.54) is 0 Å². The monoisotopic (exact) mass is 326 g/mol. The zero-order valence-corrected chi connectivity index (χ0v) is 13.1. The topological polar surface area (TPSA) is 99.9 Å². The molecule has 2 N–H and O–H groups in total. The highest BCUT2D eigenvalue weighted by atomic mass is 16.6. The number of likely N-dealkylation sites (tertiary alicyclic amines) is 1. The Labute approximate surface area is 138 Å². The van der Waals surface area contributed by atoms with E-state index in [0.29, 0.717) is 24.1 Å². The average molecular weight is 326 g/mol. The van der Waals surface area contributed by atoms with Gasteiger partial charge in [-0.25, -0.2) is 14.4 Å². The molecule has 0 aliphatic carbocycles. The first-order chi connectivity index (χ1) is 11.8. The van der Waals surface area contributed by atoms with Crippen LogP contribution >= 0.6 is 0 Å². The number of carbonyl (C=O) groups excluding carboxylic acids is 1. The number of aromatic nitrogens is 4. The van der Waals surface area contributed by atoms with E-state index in [-0.39, 0.29) is 11.9 Å². The van der Waals surface area contributed by atoms with E-state index in [2.05, 4.69) is 30.2 Å². The third-order valence-corrected chi connectivity index (χ3v) is 4.38. The van der Waals surface area contributed by atoms with E-state index in [9.17, 15) is 4.79 Å². The SMILES string of the molecule is O=C(NCc1ccc2nonc2c1)N1CCC[C@H](c2ncc[nH]2)C1. The summed E-state index contributed by atoms with van der Waals surface area (Å²) in [5.74, 6) is 1.23. The molecule has 1 aliphatic heterocycles. The maximum absolute atomic E-state index is 12.4. The molecule has 0 bridgehead atoms. The summed E-state index contributed by atoms with van der Waals surface area (Å²) in [5, 5.41) is 10.6. The lowest BCUT2D eigenvalue weighted by molar-refractivity contribution is 0.178. The molecule has 0 spiro atoms. The van der Waals surface area contributed by atoms with Gasteiger partial charge >= 0.3 is 6.03 Å². The fraction of sp³-hybridized carbons (Fsp3) is 0.375. The standard InChI is InChI=1S/C16H18N6O2/c23-16(19-9-11-3-4-13-14(8-11)21-24-20-13)22-7-1-2-12(10-22)15-17-5-6-18-15/h3-6,8,12H,1-2,7,9-10H2,(H,17,18)(H,19,23)/t12-/m0/s1. The minimum atomic E-state index is -0.0513. The molecule has 8 nitrogen and oxygen atoms in total. The predicted molar refractivity (Wildman–Crippen MR) is 86.2 cm³/mol. The second-order valence-electron chi connectivity index (χ2n) is 6.01. The van der Waals surface area contributed by atoms with Crippen LogP contribution in [0.1, 0.15) is 30.1 Å². The van der Waals surface area contributed by atoms with Crippen molar-refractivity contribution in [1.29, 1.82) is 0 Å². The van der Waals surface area contributed by atoms with Crippen molar-refractivity contribution in [3.05, 3.63) is 42.0 Å². The number of nitrogens with one attached hydrogen (secondary N) is 2. The molecule has 1 saturated heterocycles. The number of hydrogen-bond acceptors (Lipinski definition) is 5. The summed E-state index contributed by atoms with van der Waals surface area (Å²) in [4.78, 5) is 21.8. The Balaban J connectivity index is 1.36. The average Bonchev–Trinajstić information content (AvgIpc) is 3.30. The minimum absolute atomic E-state index is 0.0513. The molecule has 8 heteroatoms. The summed E-state index contributed by atoms with van der Waals surface area (Å²) in [6, 6.07) is 5.56. The number of H-pyrrole nitrogens is 1. The molecule has 1 atom stereocenters. The van der Waals surface area contributed by atoms with E-state index in [1.807, 2.05) is 29.3 Å².